The monoisotopic (exact) mass is 310 g/mol. The number of nitrogens with one attached hydrogen (secondary N) is 1. The molecule has 2 fully saturated rings. The summed E-state index contributed by atoms with van der Waals surface area (Å²) < 4.78 is 5.37. The molecule has 3 heterocycles. The number of hydrogen-bond acceptors (Lipinski definition) is 6. The van der Waals surface area contributed by atoms with Crippen LogP contribution >= 0.6 is 11.3 Å². The van der Waals surface area contributed by atoms with Crippen molar-refractivity contribution in [3.05, 3.63) is 11.1 Å². The van der Waals surface area contributed by atoms with Crippen LogP contribution in [-0.4, -0.2) is 67.8 Å². The van der Waals surface area contributed by atoms with Gasteiger partial charge >= 0.3 is 0 Å². The first-order chi connectivity index (χ1) is 10.3. The first-order valence-corrected chi connectivity index (χ1v) is 8.39. The van der Waals surface area contributed by atoms with Crippen molar-refractivity contribution in [2.24, 2.45) is 0 Å². The van der Waals surface area contributed by atoms with Gasteiger partial charge in [0.2, 0.25) is 5.91 Å². The molecule has 2 aliphatic heterocycles. The zero-order valence-electron chi connectivity index (χ0n) is 12.4. The Morgan fingerprint density at radius 3 is 2.90 bits per heavy atom. The summed E-state index contributed by atoms with van der Waals surface area (Å²) in [5.41, 5.74) is 0. The fraction of sp³-hybridized carbons (Fsp3) is 0.714. The molecule has 1 aromatic rings. The second-order valence-electron chi connectivity index (χ2n) is 5.36. The molecule has 6 nitrogen and oxygen atoms in total. The van der Waals surface area contributed by atoms with Crippen LogP contribution in [0.25, 0.3) is 0 Å². The molecule has 0 saturated carbocycles. The quantitative estimate of drug-likeness (QED) is 0.873. The van der Waals surface area contributed by atoms with Crippen molar-refractivity contribution < 1.29 is 9.53 Å². The van der Waals surface area contributed by atoms with E-state index in [1.807, 2.05) is 11.1 Å². The Kier molecular flexibility index (Phi) is 4.72. The van der Waals surface area contributed by atoms with E-state index in [1.165, 1.54) is 4.88 Å². The van der Waals surface area contributed by atoms with Crippen LogP contribution in [0.5, 0.6) is 0 Å². The van der Waals surface area contributed by atoms with Crippen molar-refractivity contribution in [3.8, 4) is 0 Å². The van der Waals surface area contributed by atoms with Crippen molar-refractivity contribution in [1.82, 2.24) is 15.2 Å². The Bertz CT molecular complexity index is 479. The lowest BCUT2D eigenvalue weighted by Crippen LogP contribution is -2.57. The van der Waals surface area contributed by atoms with Crippen LogP contribution < -0.4 is 10.2 Å². The standard InChI is InChI=1S/C14H22N4O2S/c1-2-11-9-16-14(21-11)18-6-4-17(5-7-18)13(19)12-10-20-8-3-15-12/h9,12,15H,2-8,10H2,1H3. The molecule has 21 heavy (non-hydrogen) atoms. The van der Waals surface area contributed by atoms with Gasteiger partial charge in [0, 0.05) is 43.8 Å². The number of carbonyl (C=O) groups excluding carboxylic acids is 1. The highest BCUT2D eigenvalue weighted by molar-refractivity contribution is 7.15. The molecule has 0 bridgehead atoms. The Morgan fingerprint density at radius 1 is 1.48 bits per heavy atom. The molecule has 0 radical (unpaired) electrons. The maximum Gasteiger partial charge on any atom is 0.242 e. The molecule has 7 heteroatoms. The molecule has 116 valence electrons. The number of aromatic nitrogens is 1. The van der Waals surface area contributed by atoms with Gasteiger partial charge in [0.1, 0.15) is 6.04 Å². The summed E-state index contributed by atoms with van der Waals surface area (Å²) >= 11 is 1.76. The van der Waals surface area contributed by atoms with E-state index in [1.54, 1.807) is 11.3 Å². The lowest BCUT2D eigenvalue weighted by Gasteiger charge is -2.37. The van der Waals surface area contributed by atoms with Gasteiger partial charge in [0.25, 0.3) is 0 Å². The van der Waals surface area contributed by atoms with Gasteiger partial charge in [-0.15, -0.1) is 11.3 Å². The second kappa shape index (κ2) is 6.72. The molecule has 1 amide bonds. The van der Waals surface area contributed by atoms with E-state index in [4.69, 9.17) is 4.74 Å². The number of ether oxygens (including phenoxy) is 1. The largest absolute Gasteiger partial charge is 0.378 e. The Labute approximate surface area is 129 Å². The number of hydrogen-bond donors (Lipinski definition) is 1. The van der Waals surface area contributed by atoms with Crippen LogP contribution in [0.15, 0.2) is 6.20 Å². The van der Waals surface area contributed by atoms with Crippen molar-refractivity contribution in [3.63, 3.8) is 0 Å². The van der Waals surface area contributed by atoms with Gasteiger partial charge in [-0.2, -0.15) is 0 Å². The highest BCUT2D eigenvalue weighted by Crippen LogP contribution is 2.24. The molecule has 0 aromatic carbocycles. The SMILES string of the molecule is CCc1cnc(N2CCN(C(=O)C3COCCN3)CC2)s1. The smallest absolute Gasteiger partial charge is 0.242 e. The topological polar surface area (TPSA) is 57.7 Å². The number of thiazole rings is 1. The van der Waals surface area contributed by atoms with Crippen LogP contribution in [0.2, 0.25) is 0 Å². The maximum absolute atomic E-state index is 12.4. The molecule has 1 aromatic heterocycles. The molecule has 0 spiro atoms. The van der Waals surface area contributed by atoms with Gasteiger partial charge < -0.3 is 19.9 Å². The highest BCUT2D eigenvalue weighted by atomic mass is 32.1. The number of rotatable bonds is 3. The summed E-state index contributed by atoms with van der Waals surface area (Å²) in [6.07, 6.45) is 2.99. The third kappa shape index (κ3) is 3.36. The maximum atomic E-state index is 12.4. The zero-order valence-corrected chi connectivity index (χ0v) is 13.2. The first kappa shape index (κ1) is 14.7. The van der Waals surface area contributed by atoms with E-state index in [9.17, 15) is 4.79 Å². The molecular weight excluding hydrogens is 288 g/mol. The minimum absolute atomic E-state index is 0.169. The third-order valence-corrected chi connectivity index (χ3v) is 5.17. The number of aryl methyl sites for hydroxylation is 1. The predicted octanol–water partition coefficient (Wildman–Crippen LogP) is 0.342. The average Bonchev–Trinajstić information content (AvgIpc) is 3.04. The lowest BCUT2D eigenvalue weighted by atomic mass is 10.2. The Balaban J connectivity index is 1.53. The summed E-state index contributed by atoms with van der Waals surface area (Å²) in [4.78, 5) is 22.4. The van der Waals surface area contributed by atoms with Gasteiger partial charge in [0.15, 0.2) is 5.13 Å². The van der Waals surface area contributed by atoms with Gasteiger partial charge in [-0.05, 0) is 6.42 Å². The normalized spacial score (nSPS) is 23.4. The molecule has 0 aliphatic carbocycles. The van der Waals surface area contributed by atoms with Gasteiger partial charge in [0.05, 0.1) is 13.2 Å². The van der Waals surface area contributed by atoms with Gasteiger partial charge in [-0.25, -0.2) is 4.98 Å². The second-order valence-corrected chi connectivity index (χ2v) is 6.45. The number of nitrogens with zero attached hydrogens (tertiary/aromatic N) is 3. The highest BCUT2D eigenvalue weighted by Gasteiger charge is 2.29. The summed E-state index contributed by atoms with van der Waals surface area (Å²) in [6, 6.07) is -0.170. The van der Waals surface area contributed by atoms with Crippen molar-refractivity contribution >= 4 is 22.4 Å². The van der Waals surface area contributed by atoms with Crippen LogP contribution in [0.1, 0.15) is 11.8 Å². The first-order valence-electron chi connectivity index (χ1n) is 7.57. The lowest BCUT2D eigenvalue weighted by molar-refractivity contribution is -0.136. The van der Waals surface area contributed by atoms with Gasteiger partial charge in [-0.1, -0.05) is 6.92 Å². The van der Waals surface area contributed by atoms with Crippen LogP contribution in [0.3, 0.4) is 0 Å². The van der Waals surface area contributed by atoms with Crippen molar-refractivity contribution in [2.45, 2.75) is 19.4 Å². The van der Waals surface area contributed by atoms with Crippen LogP contribution in [-0.2, 0) is 16.0 Å². The van der Waals surface area contributed by atoms with Crippen molar-refractivity contribution in [1.29, 1.82) is 0 Å². The van der Waals surface area contributed by atoms with E-state index >= 15 is 0 Å². The van der Waals surface area contributed by atoms with Crippen LogP contribution in [0, 0.1) is 0 Å². The Morgan fingerprint density at radius 2 is 2.29 bits per heavy atom. The van der Waals surface area contributed by atoms with E-state index in [-0.39, 0.29) is 11.9 Å². The summed E-state index contributed by atoms with van der Waals surface area (Å²) in [5.74, 6) is 0.169. The van der Waals surface area contributed by atoms with Crippen LogP contribution in [0.4, 0.5) is 5.13 Å². The summed E-state index contributed by atoms with van der Waals surface area (Å²) in [7, 11) is 0. The Hall–Kier alpha value is -1.18. The van der Waals surface area contributed by atoms with E-state index in [2.05, 4.69) is 22.1 Å². The number of piperazine rings is 1. The minimum Gasteiger partial charge on any atom is -0.378 e. The fourth-order valence-corrected chi connectivity index (χ4v) is 3.57. The summed E-state index contributed by atoms with van der Waals surface area (Å²) in [6.45, 7) is 7.33. The molecule has 2 saturated heterocycles. The third-order valence-electron chi connectivity index (χ3n) is 3.97. The number of anilines is 1. The average molecular weight is 310 g/mol. The van der Waals surface area contributed by atoms with E-state index < -0.39 is 0 Å². The fourth-order valence-electron chi connectivity index (χ4n) is 2.67. The summed E-state index contributed by atoms with van der Waals surface area (Å²) in [5, 5.41) is 4.31. The molecule has 1 atom stereocenters. The molecular formula is C14H22N4O2S. The molecule has 2 aliphatic rings. The molecule has 1 unspecified atom stereocenters. The van der Waals surface area contributed by atoms with E-state index in [0.717, 1.165) is 44.3 Å². The molecule has 3 rings (SSSR count). The number of amides is 1. The van der Waals surface area contributed by atoms with Crippen molar-refractivity contribution in [2.75, 3.05) is 50.8 Å². The molecule has 1 N–H and O–H groups in total. The van der Waals surface area contributed by atoms with Gasteiger partial charge in [-0.3, -0.25) is 4.79 Å². The van der Waals surface area contributed by atoms with E-state index in [0.29, 0.717) is 13.2 Å². The number of morpholine rings is 1. The number of carbonyl (C=O) groups is 1. The predicted molar refractivity (Wildman–Crippen MR) is 82.9 cm³/mol. The zero-order chi connectivity index (χ0) is 14.7. The minimum atomic E-state index is -0.170.